The molecule has 3 rings (SSSR count). The van der Waals surface area contributed by atoms with Crippen LogP contribution in [-0.2, 0) is 11.2 Å². The number of rotatable bonds is 7. The zero-order valence-electron chi connectivity index (χ0n) is 14.5. The van der Waals surface area contributed by atoms with Crippen LogP contribution in [-0.4, -0.2) is 17.5 Å². The fourth-order valence-corrected chi connectivity index (χ4v) is 3.15. The number of carbonyl (C=O) groups is 2. The molecule has 1 saturated heterocycles. The van der Waals surface area contributed by atoms with E-state index in [4.69, 9.17) is 4.74 Å². The summed E-state index contributed by atoms with van der Waals surface area (Å²) in [5.74, 6) is 0.652. The minimum absolute atomic E-state index is 0.249. The number of ether oxygens (including phenoxy) is 1. The Labute approximate surface area is 151 Å². The van der Waals surface area contributed by atoms with Crippen molar-refractivity contribution in [2.75, 3.05) is 0 Å². The number of halogens is 1. The van der Waals surface area contributed by atoms with Gasteiger partial charge in [-0.25, -0.2) is 9.18 Å². The maximum Gasteiger partial charge on any atom is 0.322 e. The molecule has 26 heavy (non-hydrogen) atoms. The van der Waals surface area contributed by atoms with Gasteiger partial charge in [0.1, 0.15) is 22.9 Å². The van der Waals surface area contributed by atoms with Gasteiger partial charge in [0.15, 0.2) is 0 Å². The Hall–Kier alpha value is -2.89. The van der Waals surface area contributed by atoms with Crippen molar-refractivity contribution in [1.29, 1.82) is 0 Å². The largest absolute Gasteiger partial charge is 0.457 e. The van der Waals surface area contributed by atoms with Gasteiger partial charge in [-0.2, -0.15) is 0 Å². The van der Waals surface area contributed by atoms with Crippen molar-refractivity contribution in [2.45, 2.75) is 38.1 Å². The molecule has 2 N–H and O–H groups in total. The normalized spacial score (nSPS) is 19.2. The van der Waals surface area contributed by atoms with E-state index < -0.39 is 11.6 Å². The Bertz CT molecular complexity index is 790. The Morgan fingerprint density at radius 1 is 0.962 bits per heavy atom. The van der Waals surface area contributed by atoms with E-state index >= 15 is 0 Å². The summed E-state index contributed by atoms with van der Waals surface area (Å²) in [6.45, 7) is 1.99. The smallest absolute Gasteiger partial charge is 0.322 e. The molecule has 0 bridgehead atoms. The molecule has 0 saturated carbocycles. The number of benzene rings is 2. The predicted octanol–water partition coefficient (Wildman–Crippen LogP) is 3.93. The van der Waals surface area contributed by atoms with E-state index in [-0.39, 0.29) is 11.7 Å². The molecule has 1 unspecified atom stereocenters. The van der Waals surface area contributed by atoms with Crippen molar-refractivity contribution in [3.63, 3.8) is 0 Å². The molecule has 3 amide bonds. The molecule has 0 spiro atoms. The Kier molecular flexibility index (Phi) is 5.21. The Morgan fingerprint density at radius 2 is 1.58 bits per heavy atom. The average molecular weight is 356 g/mol. The van der Waals surface area contributed by atoms with Crippen LogP contribution in [0.1, 0.15) is 31.7 Å². The molecule has 0 radical (unpaired) electrons. The van der Waals surface area contributed by atoms with Crippen LogP contribution in [0.25, 0.3) is 0 Å². The highest BCUT2D eigenvalue weighted by Gasteiger charge is 2.44. The first-order chi connectivity index (χ1) is 12.5. The van der Waals surface area contributed by atoms with Crippen LogP contribution in [0.4, 0.5) is 9.18 Å². The van der Waals surface area contributed by atoms with Crippen molar-refractivity contribution in [3.05, 3.63) is 59.9 Å². The van der Waals surface area contributed by atoms with Crippen molar-refractivity contribution in [2.24, 2.45) is 0 Å². The lowest BCUT2D eigenvalue weighted by Gasteiger charge is -2.25. The zero-order valence-corrected chi connectivity index (χ0v) is 14.5. The minimum Gasteiger partial charge on any atom is -0.457 e. The lowest BCUT2D eigenvalue weighted by atomic mass is 9.87. The predicted molar refractivity (Wildman–Crippen MR) is 95.6 cm³/mol. The monoisotopic (exact) mass is 356 g/mol. The molecule has 1 atom stereocenters. The quantitative estimate of drug-likeness (QED) is 0.739. The van der Waals surface area contributed by atoms with E-state index in [0.29, 0.717) is 30.8 Å². The fraction of sp³-hybridized carbons (Fsp3) is 0.300. The van der Waals surface area contributed by atoms with Gasteiger partial charge in [0, 0.05) is 0 Å². The number of aryl methyl sites for hydroxylation is 1. The third kappa shape index (κ3) is 4.02. The van der Waals surface area contributed by atoms with E-state index in [0.717, 1.165) is 12.0 Å². The Balaban J connectivity index is 1.62. The molecule has 6 heteroatoms. The standard InChI is InChI=1S/C20H21FN2O3/c1-2-12-20(18(24)22-19(25)23-20)13-11-14-3-7-16(8-4-14)26-17-9-5-15(21)6-10-17/h3-10H,2,11-13H2,1H3,(H2,22,23,24,25). The highest BCUT2D eigenvalue weighted by Crippen LogP contribution is 2.26. The third-order valence-corrected chi connectivity index (χ3v) is 4.50. The Morgan fingerprint density at radius 3 is 2.12 bits per heavy atom. The van der Waals surface area contributed by atoms with Gasteiger partial charge in [0.05, 0.1) is 0 Å². The zero-order chi connectivity index (χ0) is 18.6. The second-order valence-electron chi connectivity index (χ2n) is 6.44. The summed E-state index contributed by atoms with van der Waals surface area (Å²) >= 11 is 0. The van der Waals surface area contributed by atoms with Crippen LogP contribution in [0.2, 0.25) is 0 Å². The van der Waals surface area contributed by atoms with Crippen molar-refractivity contribution in [1.82, 2.24) is 10.6 Å². The van der Waals surface area contributed by atoms with Crippen LogP contribution in [0.5, 0.6) is 11.5 Å². The molecule has 5 nitrogen and oxygen atoms in total. The fourth-order valence-electron chi connectivity index (χ4n) is 3.15. The molecule has 0 aliphatic carbocycles. The number of urea groups is 1. The lowest BCUT2D eigenvalue weighted by Crippen LogP contribution is -2.47. The number of hydrogen-bond acceptors (Lipinski definition) is 3. The van der Waals surface area contributed by atoms with Crippen LogP contribution >= 0.6 is 0 Å². The summed E-state index contributed by atoms with van der Waals surface area (Å²) < 4.78 is 18.6. The maximum absolute atomic E-state index is 12.9. The minimum atomic E-state index is -0.824. The first kappa shape index (κ1) is 17.9. The number of imide groups is 1. The van der Waals surface area contributed by atoms with E-state index in [1.165, 1.54) is 12.1 Å². The van der Waals surface area contributed by atoms with E-state index in [2.05, 4.69) is 10.6 Å². The number of carbonyl (C=O) groups excluding carboxylic acids is 2. The first-order valence-electron chi connectivity index (χ1n) is 8.67. The van der Waals surface area contributed by atoms with Crippen LogP contribution in [0, 0.1) is 5.82 Å². The lowest BCUT2D eigenvalue weighted by molar-refractivity contribution is -0.124. The van der Waals surface area contributed by atoms with E-state index in [1.807, 2.05) is 31.2 Å². The highest BCUT2D eigenvalue weighted by molar-refractivity contribution is 6.07. The van der Waals surface area contributed by atoms with Gasteiger partial charge in [-0.1, -0.05) is 25.5 Å². The first-order valence-corrected chi connectivity index (χ1v) is 8.67. The molecular weight excluding hydrogens is 335 g/mol. The van der Waals surface area contributed by atoms with Crippen LogP contribution < -0.4 is 15.4 Å². The highest BCUT2D eigenvalue weighted by atomic mass is 19.1. The third-order valence-electron chi connectivity index (χ3n) is 4.50. The van der Waals surface area contributed by atoms with Gasteiger partial charge in [0.25, 0.3) is 5.91 Å². The molecule has 2 aromatic rings. The molecular formula is C20H21FN2O3. The summed E-state index contributed by atoms with van der Waals surface area (Å²) in [6, 6.07) is 12.9. The van der Waals surface area contributed by atoms with Gasteiger partial charge in [-0.05, 0) is 61.2 Å². The molecule has 1 aliphatic heterocycles. The van der Waals surface area contributed by atoms with Gasteiger partial charge in [-0.15, -0.1) is 0 Å². The van der Waals surface area contributed by atoms with E-state index in [9.17, 15) is 14.0 Å². The van der Waals surface area contributed by atoms with Gasteiger partial charge >= 0.3 is 6.03 Å². The second-order valence-corrected chi connectivity index (χ2v) is 6.44. The molecule has 0 aromatic heterocycles. The van der Waals surface area contributed by atoms with Crippen molar-refractivity contribution < 1.29 is 18.7 Å². The van der Waals surface area contributed by atoms with Gasteiger partial charge < -0.3 is 10.1 Å². The number of amides is 3. The maximum atomic E-state index is 12.9. The number of nitrogens with one attached hydrogen (secondary N) is 2. The number of hydrogen-bond donors (Lipinski definition) is 2. The summed E-state index contributed by atoms with van der Waals surface area (Å²) in [5.41, 5.74) is 0.218. The van der Waals surface area contributed by atoms with Crippen molar-refractivity contribution >= 4 is 11.9 Å². The topological polar surface area (TPSA) is 67.4 Å². The van der Waals surface area contributed by atoms with Crippen LogP contribution in [0.15, 0.2) is 48.5 Å². The van der Waals surface area contributed by atoms with Gasteiger partial charge in [-0.3, -0.25) is 10.1 Å². The molecule has 2 aromatic carbocycles. The summed E-state index contributed by atoms with van der Waals surface area (Å²) in [7, 11) is 0. The summed E-state index contributed by atoms with van der Waals surface area (Å²) in [4.78, 5) is 23.7. The van der Waals surface area contributed by atoms with E-state index in [1.54, 1.807) is 12.1 Å². The molecule has 136 valence electrons. The van der Waals surface area contributed by atoms with Crippen LogP contribution in [0.3, 0.4) is 0 Å². The molecule has 1 heterocycles. The average Bonchev–Trinajstić information content (AvgIpc) is 2.90. The molecule has 1 aliphatic rings. The van der Waals surface area contributed by atoms with Crippen molar-refractivity contribution in [3.8, 4) is 11.5 Å². The summed E-state index contributed by atoms with van der Waals surface area (Å²) in [6.07, 6.45) is 2.61. The SMILES string of the molecule is CCCC1(CCc2ccc(Oc3ccc(F)cc3)cc2)NC(=O)NC1=O. The van der Waals surface area contributed by atoms with Gasteiger partial charge in [0.2, 0.25) is 0 Å². The second kappa shape index (κ2) is 7.56. The summed E-state index contributed by atoms with van der Waals surface area (Å²) in [5, 5.41) is 5.12. The molecule has 1 fully saturated rings.